The van der Waals surface area contributed by atoms with Gasteiger partial charge in [0.15, 0.2) is 5.82 Å². The van der Waals surface area contributed by atoms with Crippen LogP contribution in [0.4, 0.5) is 5.95 Å². The zero-order chi connectivity index (χ0) is 17.4. The molecule has 1 spiro atoms. The smallest absolute Gasteiger partial charge is 0.225 e. The van der Waals surface area contributed by atoms with Crippen LogP contribution < -0.4 is 4.90 Å². The molecule has 7 nitrogen and oxygen atoms in total. The standard InChI is InChI=1S/C19H18N6O/c1-3-14(9-20-5-1)17-23-10-15-11-26-13-19(16(15)24-17)4-8-25(12-19)18-21-6-2-7-22-18/h1-3,5-7,9-10H,4,8,11-13H2/t19-/m0/s1. The fourth-order valence-corrected chi connectivity index (χ4v) is 3.84. The summed E-state index contributed by atoms with van der Waals surface area (Å²) < 4.78 is 5.90. The third kappa shape index (κ3) is 2.52. The molecule has 2 aliphatic heterocycles. The monoisotopic (exact) mass is 346 g/mol. The number of fused-ring (bicyclic) bond motifs is 2. The highest BCUT2D eigenvalue weighted by Gasteiger charge is 2.45. The first-order chi connectivity index (χ1) is 12.8. The Balaban J connectivity index is 1.53. The van der Waals surface area contributed by atoms with Gasteiger partial charge in [0, 0.05) is 55.2 Å². The first kappa shape index (κ1) is 15.3. The lowest BCUT2D eigenvalue weighted by Crippen LogP contribution is -2.40. The number of anilines is 1. The lowest BCUT2D eigenvalue weighted by molar-refractivity contribution is 0.0557. The van der Waals surface area contributed by atoms with E-state index in [0.717, 1.165) is 42.3 Å². The van der Waals surface area contributed by atoms with E-state index in [1.807, 2.05) is 24.4 Å². The van der Waals surface area contributed by atoms with Crippen molar-refractivity contribution in [3.05, 3.63) is 60.4 Å². The maximum Gasteiger partial charge on any atom is 0.225 e. The zero-order valence-corrected chi connectivity index (χ0v) is 14.2. The highest BCUT2D eigenvalue weighted by Crippen LogP contribution is 2.40. The Kier molecular flexibility index (Phi) is 3.60. The van der Waals surface area contributed by atoms with Crippen molar-refractivity contribution in [2.75, 3.05) is 24.6 Å². The maximum atomic E-state index is 5.90. The Hall–Kier alpha value is -2.93. The molecule has 0 bridgehead atoms. The predicted molar refractivity (Wildman–Crippen MR) is 95.5 cm³/mol. The number of hydrogen-bond donors (Lipinski definition) is 0. The van der Waals surface area contributed by atoms with Crippen molar-refractivity contribution in [2.24, 2.45) is 0 Å². The SMILES string of the molecule is c1cnc(N2CC[C@@]3(COCc4cnc(-c5cccnc5)nc43)C2)nc1. The van der Waals surface area contributed by atoms with Crippen LogP contribution in [0.15, 0.2) is 49.2 Å². The Labute approximate surface area is 151 Å². The molecule has 130 valence electrons. The second-order valence-corrected chi connectivity index (χ2v) is 6.80. The van der Waals surface area contributed by atoms with E-state index in [0.29, 0.717) is 19.0 Å². The highest BCUT2D eigenvalue weighted by atomic mass is 16.5. The molecule has 0 amide bonds. The molecule has 0 radical (unpaired) electrons. The summed E-state index contributed by atoms with van der Waals surface area (Å²) in [5.74, 6) is 1.48. The topological polar surface area (TPSA) is 76.9 Å². The average Bonchev–Trinajstić information content (AvgIpc) is 3.14. The summed E-state index contributed by atoms with van der Waals surface area (Å²) in [6.45, 7) is 2.91. The van der Waals surface area contributed by atoms with Crippen LogP contribution in [0.1, 0.15) is 17.7 Å². The molecule has 7 heteroatoms. The summed E-state index contributed by atoms with van der Waals surface area (Å²) in [5, 5.41) is 0. The van der Waals surface area contributed by atoms with Gasteiger partial charge in [-0.2, -0.15) is 0 Å². The van der Waals surface area contributed by atoms with Gasteiger partial charge in [0.1, 0.15) is 0 Å². The van der Waals surface area contributed by atoms with E-state index in [2.05, 4.69) is 24.8 Å². The van der Waals surface area contributed by atoms with Crippen molar-refractivity contribution in [3.63, 3.8) is 0 Å². The molecular weight excluding hydrogens is 328 g/mol. The Morgan fingerprint density at radius 1 is 1.04 bits per heavy atom. The maximum absolute atomic E-state index is 5.90. The van der Waals surface area contributed by atoms with E-state index in [1.165, 1.54) is 0 Å². The molecule has 1 fully saturated rings. The largest absolute Gasteiger partial charge is 0.376 e. The zero-order valence-electron chi connectivity index (χ0n) is 14.2. The quantitative estimate of drug-likeness (QED) is 0.702. The summed E-state index contributed by atoms with van der Waals surface area (Å²) in [6.07, 6.45) is 9.97. The lowest BCUT2D eigenvalue weighted by Gasteiger charge is -2.34. The minimum absolute atomic E-state index is 0.146. The molecule has 26 heavy (non-hydrogen) atoms. The van der Waals surface area contributed by atoms with Gasteiger partial charge >= 0.3 is 0 Å². The van der Waals surface area contributed by atoms with E-state index < -0.39 is 0 Å². The molecule has 0 saturated carbocycles. The fourth-order valence-electron chi connectivity index (χ4n) is 3.84. The molecule has 5 heterocycles. The molecule has 2 aliphatic rings. The van der Waals surface area contributed by atoms with E-state index in [-0.39, 0.29) is 5.41 Å². The third-order valence-corrected chi connectivity index (χ3v) is 5.11. The summed E-state index contributed by atoms with van der Waals surface area (Å²) in [6, 6.07) is 5.72. The van der Waals surface area contributed by atoms with Gasteiger partial charge in [0.05, 0.1) is 24.3 Å². The summed E-state index contributed by atoms with van der Waals surface area (Å²) >= 11 is 0. The van der Waals surface area contributed by atoms with Gasteiger partial charge in [-0.05, 0) is 24.6 Å². The van der Waals surface area contributed by atoms with E-state index in [9.17, 15) is 0 Å². The molecule has 0 aliphatic carbocycles. The molecule has 0 aromatic carbocycles. The Morgan fingerprint density at radius 3 is 2.81 bits per heavy atom. The third-order valence-electron chi connectivity index (χ3n) is 5.11. The van der Waals surface area contributed by atoms with E-state index in [4.69, 9.17) is 9.72 Å². The van der Waals surface area contributed by atoms with Crippen molar-refractivity contribution >= 4 is 5.95 Å². The summed E-state index contributed by atoms with van der Waals surface area (Å²) in [5.41, 5.74) is 2.95. The number of aromatic nitrogens is 5. The number of ether oxygens (including phenoxy) is 1. The molecular formula is C19H18N6O. The molecule has 0 N–H and O–H groups in total. The van der Waals surface area contributed by atoms with Crippen molar-refractivity contribution in [2.45, 2.75) is 18.4 Å². The second kappa shape index (κ2) is 6.10. The molecule has 1 atom stereocenters. The first-order valence-corrected chi connectivity index (χ1v) is 8.71. The van der Waals surface area contributed by atoms with Crippen molar-refractivity contribution in [3.8, 4) is 11.4 Å². The van der Waals surface area contributed by atoms with Crippen LogP contribution in [-0.4, -0.2) is 44.6 Å². The molecule has 3 aromatic rings. The van der Waals surface area contributed by atoms with Crippen molar-refractivity contribution < 1.29 is 4.74 Å². The molecule has 3 aromatic heterocycles. The van der Waals surface area contributed by atoms with Crippen LogP contribution in [0.25, 0.3) is 11.4 Å². The van der Waals surface area contributed by atoms with E-state index >= 15 is 0 Å². The minimum Gasteiger partial charge on any atom is -0.376 e. The highest BCUT2D eigenvalue weighted by molar-refractivity contribution is 5.54. The fraction of sp³-hybridized carbons (Fsp3) is 0.316. The number of rotatable bonds is 2. The molecule has 5 rings (SSSR count). The minimum atomic E-state index is -0.146. The van der Waals surface area contributed by atoms with Gasteiger partial charge in [0.2, 0.25) is 5.95 Å². The van der Waals surface area contributed by atoms with Gasteiger partial charge in [-0.3, -0.25) is 4.98 Å². The number of pyridine rings is 1. The predicted octanol–water partition coefficient (Wildman–Crippen LogP) is 2.01. The lowest BCUT2D eigenvalue weighted by atomic mass is 9.80. The van der Waals surface area contributed by atoms with Crippen LogP contribution in [0.2, 0.25) is 0 Å². The number of hydrogen-bond acceptors (Lipinski definition) is 7. The van der Waals surface area contributed by atoms with Gasteiger partial charge in [-0.25, -0.2) is 19.9 Å². The van der Waals surface area contributed by atoms with Crippen LogP contribution in [0, 0.1) is 0 Å². The molecule has 0 unspecified atom stereocenters. The summed E-state index contributed by atoms with van der Waals surface area (Å²) in [7, 11) is 0. The Bertz CT molecular complexity index is 920. The van der Waals surface area contributed by atoms with E-state index in [1.54, 1.807) is 24.8 Å². The van der Waals surface area contributed by atoms with Crippen molar-refractivity contribution in [1.82, 2.24) is 24.9 Å². The van der Waals surface area contributed by atoms with Crippen LogP contribution in [-0.2, 0) is 16.8 Å². The normalized spacial score (nSPS) is 21.8. The van der Waals surface area contributed by atoms with Crippen LogP contribution >= 0.6 is 0 Å². The summed E-state index contributed by atoms with van der Waals surface area (Å²) in [4.78, 5) is 24.7. The van der Waals surface area contributed by atoms with Gasteiger partial charge in [0.25, 0.3) is 0 Å². The van der Waals surface area contributed by atoms with Crippen LogP contribution in [0.5, 0.6) is 0 Å². The van der Waals surface area contributed by atoms with Gasteiger partial charge < -0.3 is 9.64 Å². The van der Waals surface area contributed by atoms with Crippen molar-refractivity contribution in [1.29, 1.82) is 0 Å². The second-order valence-electron chi connectivity index (χ2n) is 6.80. The molecule has 1 saturated heterocycles. The average molecular weight is 346 g/mol. The Morgan fingerprint density at radius 2 is 1.96 bits per heavy atom. The first-order valence-electron chi connectivity index (χ1n) is 8.71. The number of nitrogens with zero attached hydrogens (tertiary/aromatic N) is 6. The van der Waals surface area contributed by atoms with Gasteiger partial charge in [-0.15, -0.1) is 0 Å². The van der Waals surface area contributed by atoms with Crippen LogP contribution in [0.3, 0.4) is 0 Å². The van der Waals surface area contributed by atoms with Gasteiger partial charge in [-0.1, -0.05) is 0 Å².